The summed E-state index contributed by atoms with van der Waals surface area (Å²) < 4.78 is 49.2. The first kappa shape index (κ1) is 18.1. The van der Waals surface area contributed by atoms with Gasteiger partial charge < -0.3 is 14.8 Å². The zero-order valence-electron chi connectivity index (χ0n) is 13.7. The lowest BCUT2D eigenvalue weighted by Crippen LogP contribution is -2.83. The van der Waals surface area contributed by atoms with Gasteiger partial charge in [-0.3, -0.25) is 0 Å². The molecule has 130 valence electrons. The van der Waals surface area contributed by atoms with E-state index in [0.717, 1.165) is 18.1 Å². The van der Waals surface area contributed by atoms with E-state index in [4.69, 9.17) is 9.47 Å². The zero-order valence-corrected chi connectivity index (χ0v) is 13.7. The number of rotatable bonds is 7. The Hall–Kier alpha value is -2.21. The monoisotopic (exact) mass is 340 g/mol. The minimum absolute atomic E-state index is 0.295. The van der Waals surface area contributed by atoms with E-state index in [0.29, 0.717) is 30.2 Å². The normalized spacial score (nSPS) is 11.4. The average molecular weight is 340 g/mol. The van der Waals surface area contributed by atoms with E-state index in [-0.39, 0.29) is 0 Å². The molecule has 0 aliphatic rings. The van der Waals surface area contributed by atoms with Gasteiger partial charge in [-0.1, -0.05) is 24.3 Å². The van der Waals surface area contributed by atoms with Gasteiger partial charge >= 0.3 is 6.18 Å². The van der Waals surface area contributed by atoms with E-state index in [9.17, 15) is 13.2 Å². The largest absolute Gasteiger partial charge is 0.493 e. The van der Waals surface area contributed by atoms with Crippen molar-refractivity contribution >= 4 is 0 Å². The number of benzene rings is 2. The van der Waals surface area contributed by atoms with Gasteiger partial charge in [-0.05, 0) is 23.8 Å². The van der Waals surface area contributed by atoms with Gasteiger partial charge in [0.05, 0.1) is 26.3 Å². The molecule has 0 atom stereocenters. The lowest BCUT2D eigenvalue weighted by molar-refractivity contribution is -0.670. The molecule has 24 heavy (non-hydrogen) atoms. The summed E-state index contributed by atoms with van der Waals surface area (Å²) in [5, 5.41) is 1.88. The van der Waals surface area contributed by atoms with Gasteiger partial charge in [-0.25, -0.2) is 0 Å². The minimum atomic E-state index is -4.31. The molecule has 0 bridgehead atoms. The van der Waals surface area contributed by atoms with Gasteiger partial charge in [-0.15, -0.1) is 0 Å². The van der Waals surface area contributed by atoms with Crippen LogP contribution < -0.4 is 14.8 Å². The van der Waals surface area contributed by atoms with Gasteiger partial charge in [0.2, 0.25) is 0 Å². The van der Waals surface area contributed by atoms with Crippen molar-refractivity contribution in [3.63, 3.8) is 0 Å². The van der Waals surface area contributed by atoms with Crippen LogP contribution in [0.2, 0.25) is 0 Å². The fourth-order valence-electron chi connectivity index (χ4n) is 2.54. The highest BCUT2D eigenvalue weighted by molar-refractivity contribution is 5.42. The molecule has 0 amide bonds. The molecule has 0 saturated heterocycles. The van der Waals surface area contributed by atoms with Gasteiger partial charge in [0, 0.05) is 12.0 Å². The highest BCUT2D eigenvalue weighted by Gasteiger charge is 2.33. The standard InChI is InChI=1S/C18H20F3NO2/c1-23-16-8-7-13(11-17(16)24-2)9-10-22-12-14-5-3-4-6-15(14)18(19,20)21/h3-8,11,22H,9-10,12H2,1-2H3/p+1. The third kappa shape index (κ3) is 4.64. The summed E-state index contributed by atoms with van der Waals surface area (Å²) >= 11 is 0. The first-order chi connectivity index (χ1) is 11.5. The second-order valence-electron chi connectivity index (χ2n) is 5.38. The lowest BCUT2D eigenvalue weighted by Gasteiger charge is -2.12. The number of alkyl halides is 3. The van der Waals surface area contributed by atoms with Crippen molar-refractivity contribution in [3.8, 4) is 11.5 Å². The molecule has 0 fully saturated rings. The van der Waals surface area contributed by atoms with Gasteiger partial charge in [0.15, 0.2) is 11.5 Å². The molecule has 2 rings (SSSR count). The summed E-state index contributed by atoms with van der Waals surface area (Å²) in [6.07, 6.45) is -3.58. The maximum atomic E-state index is 12.9. The second-order valence-corrected chi connectivity index (χ2v) is 5.38. The third-order valence-corrected chi connectivity index (χ3v) is 3.77. The van der Waals surface area contributed by atoms with Gasteiger partial charge in [-0.2, -0.15) is 13.2 Å². The van der Waals surface area contributed by atoms with E-state index in [2.05, 4.69) is 0 Å². The highest BCUT2D eigenvalue weighted by atomic mass is 19.4. The van der Waals surface area contributed by atoms with Crippen molar-refractivity contribution < 1.29 is 28.0 Å². The van der Waals surface area contributed by atoms with Crippen LogP contribution in [-0.4, -0.2) is 20.8 Å². The second kappa shape index (κ2) is 8.06. The Bertz CT molecular complexity index is 672. The summed E-state index contributed by atoms with van der Waals surface area (Å²) in [5.74, 6) is 1.31. The Kier molecular flexibility index (Phi) is 6.09. The van der Waals surface area contributed by atoms with E-state index in [1.54, 1.807) is 20.3 Å². The lowest BCUT2D eigenvalue weighted by atomic mass is 10.1. The molecule has 2 N–H and O–H groups in total. The number of quaternary nitrogens is 1. The molecule has 2 aromatic carbocycles. The molecule has 0 unspecified atom stereocenters. The molecule has 0 aromatic heterocycles. The molecule has 0 aliphatic carbocycles. The van der Waals surface area contributed by atoms with E-state index in [1.165, 1.54) is 12.1 Å². The fraction of sp³-hybridized carbons (Fsp3) is 0.333. The predicted molar refractivity (Wildman–Crippen MR) is 85.2 cm³/mol. The van der Waals surface area contributed by atoms with Crippen molar-refractivity contribution in [1.82, 2.24) is 0 Å². The van der Waals surface area contributed by atoms with Crippen molar-refractivity contribution in [2.75, 3.05) is 20.8 Å². The zero-order chi connectivity index (χ0) is 17.6. The molecule has 2 aromatic rings. The highest BCUT2D eigenvalue weighted by Crippen LogP contribution is 2.31. The number of hydrogen-bond donors (Lipinski definition) is 1. The smallest absolute Gasteiger partial charge is 0.416 e. The Labute approximate surface area is 139 Å². The summed E-state index contributed by atoms with van der Waals surface area (Å²) in [6, 6.07) is 11.3. The summed E-state index contributed by atoms with van der Waals surface area (Å²) in [7, 11) is 3.14. The van der Waals surface area contributed by atoms with E-state index >= 15 is 0 Å². The average Bonchev–Trinajstić information content (AvgIpc) is 2.58. The van der Waals surface area contributed by atoms with Crippen LogP contribution in [0.3, 0.4) is 0 Å². The van der Waals surface area contributed by atoms with E-state index < -0.39 is 11.7 Å². The topological polar surface area (TPSA) is 35.1 Å². The molecule has 0 saturated carbocycles. The number of methoxy groups -OCH3 is 2. The molecule has 3 nitrogen and oxygen atoms in total. The predicted octanol–water partition coefficient (Wildman–Crippen LogP) is 3.03. The van der Waals surface area contributed by atoms with Crippen LogP contribution >= 0.6 is 0 Å². The maximum absolute atomic E-state index is 12.9. The summed E-state index contributed by atoms with van der Waals surface area (Å²) in [4.78, 5) is 0. The quantitative estimate of drug-likeness (QED) is 0.787. The first-order valence-electron chi connectivity index (χ1n) is 7.63. The molecule has 0 spiro atoms. The van der Waals surface area contributed by atoms with Crippen LogP contribution in [0, 0.1) is 0 Å². The number of hydrogen-bond acceptors (Lipinski definition) is 2. The van der Waals surface area contributed by atoms with Crippen LogP contribution in [0.15, 0.2) is 42.5 Å². The van der Waals surface area contributed by atoms with E-state index in [1.807, 2.05) is 23.5 Å². The van der Waals surface area contributed by atoms with Crippen LogP contribution in [0.25, 0.3) is 0 Å². The number of halogens is 3. The summed E-state index contributed by atoms with van der Waals surface area (Å²) in [6.45, 7) is 0.977. The van der Waals surface area contributed by atoms with Crippen molar-refractivity contribution in [1.29, 1.82) is 0 Å². The number of ether oxygens (including phenoxy) is 2. The van der Waals surface area contributed by atoms with Gasteiger partial charge in [0.1, 0.15) is 6.54 Å². The molecule has 6 heteroatoms. The van der Waals surface area contributed by atoms with Crippen molar-refractivity contribution in [2.24, 2.45) is 0 Å². The molecular weight excluding hydrogens is 319 g/mol. The fourth-order valence-corrected chi connectivity index (χ4v) is 2.54. The minimum Gasteiger partial charge on any atom is -0.493 e. The molecular formula is C18H21F3NO2+. The van der Waals surface area contributed by atoms with Crippen LogP contribution in [0.5, 0.6) is 11.5 Å². The SMILES string of the molecule is COc1ccc(CC[NH2+]Cc2ccccc2C(F)(F)F)cc1OC. The molecule has 0 radical (unpaired) electrons. The van der Waals surface area contributed by atoms with Crippen LogP contribution in [0.4, 0.5) is 13.2 Å². The van der Waals surface area contributed by atoms with Crippen molar-refractivity contribution in [2.45, 2.75) is 19.1 Å². The summed E-state index contributed by atoms with van der Waals surface area (Å²) in [5.41, 5.74) is 0.790. The van der Waals surface area contributed by atoms with Crippen molar-refractivity contribution in [3.05, 3.63) is 59.2 Å². The Morgan fingerprint density at radius 2 is 1.67 bits per heavy atom. The first-order valence-corrected chi connectivity index (χ1v) is 7.63. The Balaban J connectivity index is 1.92. The van der Waals surface area contributed by atoms with Crippen LogP contribution in [-0.2, 0) is 19.1 Å². The molecule has 0 heterocycles. The Morgan fingerprint density at radius 3 is 2.33 bits per heavy atom. The maximum Gasteiger partial charge on any atom is 0.416 e. The third-order valence-electron chi connectivity index (χ3n) is 3.77. The van der Waals surface area contributed by atoms with Crippen LogP contribution in [0.1, 0.15) is 16.7 Å². The Morgan fingerprint density at radius 1 is 0.958 bits per heavy atom. The number of nitrogens with two attached hydrogens (primary N) is 1. The van der Waals surface area contributed by atoms with Gasteiger partial charge in [0.25, 0.3) is 0 Å². The molecule has 0 aliphatic heterocycles.